The van der Waals surface area contributed by atoms with Crippen LogP contribution < -0.4 is 5.32 Å². The van der Waals surface area contributed by atoms with E-state index in [1.54, 1.807) is 23.9 Å². The summed E-state index contributed by atoms with van der Waals surface area (Å²) >= 11 is 1.49. The lowest BCUT2D eigenvalue weighted by Gasteiger charge is -2.12. The first kappa shape index (κ1) is 17.4. The molecule has 1 N–H and O–H groups in total. The van der Waals surface area contributed by atoms with Gasteiger partial charge in [-0.1, -0.05) is 0 Å². The fourth-order valence-electron chi connectivity index (χ4n) is 2.92. The Hall–Kier alpha value is -2.41. The fourth-order valence-corrected chi connectivity index (χ4v) is 4.21. The van der Waals surface area contributed by atoms with Crippen molar-refractivity contribution in [2.75, 3.05) is 11.9 Å². The third-order valence-electron chi connectivity index (χ3n) is 4.04. The Balaban J connectivity index is 1.81. The predicted octanol–water partition coefficient (Wildman–Crippen LogP) is 3.19. The molecule has 0 saturated heterocycles. The molecule has 0 aliphatic heterocycles. The maximum atomic E-state index is 12.4. The normalized spacial score (nSPS) is 13.7. The van der Waals surface area contributed by atoms with E-state index in [4.69, 9.17) is 4.74 Å². The van der Waals surface area contributed by atoms with Gasteiger partial charge < -0.3 is 10.1 Å². The molecule has 2 heterocycles. The van der Waals surface area contributed by atoms with Crippen LogP contribution in [0.3, 0.4) is 0 Å². The van der Waals surface area contributed by atoms with Gasteiger partial charge in [0.2, 0.25) is 5.91 Å². The topological polar surface area (TPSA) is 73.2 Å². The molecule has 0 aromatic carbocycles. The third kappa shape index (κ3) is 3.99. The van der Waals surface area contributed by atoms with E-state index in [2.05, 4.69) is 10.4 Å². The summed E-state index contributed by atoms with van der Waals surface area (Å²) in [6.45, 7) is 2.10. The summed E-state index contributed by atoms with van der Waals surface area (Å²) in [5, 5.41) is 7.49. The second kappa shape index (κ2) is 7.65. The quantitative estimate of drug-likeness (QED) is 0.657. The smallest absolute Gasteiger partial charge is 0.341 e. The molecule has 2 aromatic heterocycles. The fraction of sp³-hybridized carbons (Fsp3) is 0.389. The molecule has 0 saturated carbocycles. The van der Waals surface area contributed by atoms with E-state index < -0.39 is 0 Å². The number of carbonyl (C=O) groups excluding carboxylic acids is 2. The zero-order valence-electron chi connectivity index (χ0n) is 14.4. The van der Waals surface area contributed by atoms with Gasteiger partial charge in [-0.15, -0.1) is 11.3 Å². The van der Waals surface area contributed by atoms with Gasteiger partial charge in [0.05, 0.1) is 18.4 Å². The van der Waals surface area contributed by atoms with Crippen LogP contribution >= 0.6 is 11.3 Å². The number of carbonyl (C=O) groups is 2. The summed E-state index contributed by atoms with van der Waals surface area (Å²) in [6, 6.07) is 0. The number of hydrogen-bond donors (Lipinski definition) is 1. The molecule has 2 aromatic rings. The first-order valence-corrected chi connectivity index (χ1v) is 9.19. The van der Waals surface area contributed by atoms with Crippen molar-refractivity contribution in [1.29, 1.82) is 0 Å². The van der Waals surface area contributed by atoms with Crippen LogP contribution in [-0.4, -0.2) is 28.3 Å². The highest BCUT2D eigenvalue weighted by atomic mass is 32.1. The molecule has 132 valence electrons. The Morgan fingerprint density at radius 1 is 1.40 bits per heavy atom. The zero-order valence-corrected chi connectivity index (χ0v) is 15.2. The molecule has 0 atom stereocenters. The van der Waals surface area contributed by atoms with Gasteiger partial charge in [-0.05, 0) is 44.2 Å². The Morgan fingerprint density at radius 2 is 2.20 bits per heavy atom. The molecule has 25 heavy (non-hydrogen) atoms. The number of hydrogen-bond acceptors (Lipinski definition) is 5. The molecular weight excluding hydrogens is 338 g/mol. The van der Waals surface area contributed by atoms with Crippen molar-refractivity contribution in [3.63, 3.8) is 0 Å². The summed E-state index contributed by atoms with van der Waals surface area (Å²) in [5.74, 6) is -0.624. The van der Waals surface area contributed by atoms with E-state index >= 15 is 0 Å². The van der Waals surface area contributed by atoms with Gasteiger partial charge in [0.25, 0.3) is 0 Å². The first-order valence-electron chi connectivity index (χ1n) is 8.38. The van der Waals surface area contributed by atoms with Crippen molar-refractivity contribution in [1.82, 2.24) is 9.78 Å². The number of ether oxygens (including phenoxy) is 1. The van der Waals surface area contributed by atoms with Crippen LogP contribution in [0, 0.1) is 0 Å². The van der Waals surface area contributed by atoms with Gasteiger partial charge >= 0.3 is 5.97 Å². The largest absolute Gasteiger partial charge is 0.462 e. The maximum absolute atomic E-state index is 12.4. The van der Waals surface area contributed by atoms with E-state index in [-0.39, 0.29) is 11.9 Å². The van der Waals surface area contributed by atoms with Crippen LogP contribution in [0.1, 0.15) is 46.1 Å². The lowest BCUT2D eigenvalue weighted by atomic mass is 9.95. The molecule has 7 heteroatoms. The highest BCUT2D eigenvalue weighted by Gasteiger charge is 2.26. The summed E-state index contributed by atoms with van der Waals surface area (Å²) in [7, 11) is 1.82. The number of nitrogens with zero attached hydrogens (tertiary/aromatic N) is 2. The highest BCUT2D eigenvalue weighted by molar-refractivity contribution is 7.17. The Kier molecular flexibility index (Phi) is 5.33. The zero-order chi connectivity index (χ0) is 17.8. The standard InChI is InChI=1S/C18H21N3O3S/c1-3-24-18(23)16-13-6-4-5-7-14(13)25-17(16)20-15(22)9-8-12-10-19-21(2)11-12/h8-11H,3-7H2,1-2H3,(H,20,22)/b9-8+. The van der Waals surface area contributed by atoms with Crippen LogP contribution in [0.25, 0.3) is 6.08 Å². The molecule has 0 radical (unpaired) electrons. The number of nitrogens with one attached hydrogen (secondary N) is 1. The van der Waals surface area contributed by atoms with E-state index in [1.165, 1.54) is 22.3 Å². The molecule has 0 bridgehead atoms. The van der Waals surface area contributed by atoms with E-state index in [1.807, 2.05) is 13.2 Å². The number of fused-ring (bicyclic) bond motifs is 1. The molecular formula is C18H21N3O3S. The van der Waals surface area contributed by atoms with Crippen molar-refractivity contribution >= 4 is 34.3 Å². The van der Waals surface area contributed by atoms with Crippen molar-refractivity contribution in [2.24, 2.45) is 7.05 Å². The third-order valence-corrected chi connectivity index (χ3v) is 5.25. The van der Waals surface area contributed by atoms with Crippen molar-refractivity contribution in [3.05, 3.63) is 40.0 Å². The molecule has 3 rings (SSSR count). The van der Waals surface area contributed by atoms with Gasteiger partial charge in [0, 0.05) is 29.8 Å². The van der Waals surface area contributed by atoms with Crippen LogP contribution in [0.2, 0.25) is 0 Å². The summed E-state index contributed by atoms with van der Waals surface area (Å²) in [4.78, 5) is 25.8. The average Bonchev–Trinajstić information content (AvgIpc) is 3.16. The lowest BCUT2D eigenvalue weighted by Crippen LogP contribution is -2.14. The minimum Gasteiger partial charge on any atom is -0.462 e. The highest BCUT2D eigenvalue weighted by Crippen LogP contribution is 2.38. The molecule has 6 nitrogen and oxygen atoms in total. The van der Waals surface area contributed by atoms with Crippen molar-refractivity contribution < 1.29 is 14.3 Å². The Morgan fingerprint density at radius 3 is 2.92 bits per heavy atom. The van der Waals surface area contributed by atoms with Crippen molar-refractivity contribution in [3.8, 4) is 0 Å². The van der Waals surface area contributed by atoms with E-state index in [0.717, 1.165) is 36.8 Å². The van der Waals surface area contributed by atoms with Gasteiger partial charge in [-0.25, -0.2) is 4.79 Å². The molecule has 0 fully saturated rings. The van der Waals surface area contributed by atoms with Gasteiger partial charge in [0.1, 0.15) is 5.00 Å². The number of aromatic nitrogens is 2. The van der Waals surface area contributed by atoms with Crippen molar-refractivity contribution in [2.45, 2.75) is 32.6 Å². The SMILES string of the molecule is CCOC(=O)c1c(NC(=O)/C=C/c2cnn(C)c2)sc2c1CCCC2. The maximum Gasteiger partial charge on any atom is 0.341 e. The number of esters is 1. The second-order valence-corrected chi connectivity index (χ2v) is 7.01. The van der Waals surface area contributed by atoms with Gasteiger partial charge in [-0.3, -0.25) is 9.48 Å². The Bertz CT molecular complexity index is 820. The number of anilines is 1. The predicted molar refractivity (Wildman–Crippen MR) is 97.8 cm³/mol. The van der Waals surface area contributed by atoms with Crippen LogP contribution in [-0.2, 0) is 29.4 Å². The van der Waals surface area contributed by atoms with Gasteiger partial charge in [0.15, 0.2) is 0 Å². The second-order valence-electron chi connectivity index (χ2n) is 5.91. The summed E-state index contributed by atoms with van der Waals surface area (Å²) < 4.78 is 6.86. The number of amides is 1. The number of rotatable bonds is 5. The van der Waals surface area contributed by atoms with Crippen LogP contribution in [0.4, 0.5) is 5.00 Å². The number of thiophene rings is 1. The molecule has 1 amide bonds. The first-order chi connectivity index (χ1) is 12.1. The molecule has 0 unspecified atom stereocenters. The minimum atomic E-state index is -0.353. The van der Waals surface area contributed by atoms with Crippen LogP contribution in [0.5, 0.6) is 0 Å². The Labute approximate surface area is 150 Å². The van der Waals surface area contributed by atoms with Crippen LogP contribution in [0.15, 0.2) is 18.5 Å². The molecule has 1 aliphatic carbocycles. The summed E-state index contributed by atoms with van der Waals surface area (Å²) in [6.07, 6.45) is 10.6. The summed E-state index contributed by atoms with van der Waals surface area (Å²) in [5.41, 5.74) is 2.42. The lowest BCUT2D eigenvalue weighted by molar-refractivity contribution is -0.111. The average molecular weight is 359 g/mol. The van der Waals surface area contributed by atoms with E-state index in [0.29, 0.717) is 17.2 Å². The van der Waals surface area contributed by atoms with E-state index in [9.17, 15) is 9.59 Å². The monoisotopic (exact) mass is 359 g/mol. The molecule has 0 spiro atoms. The van der Waals surface area contributed by atoms with Gasteiger partial charge in [-0.2, -0.15) is 5.10 Å². The number of aryl methyl sites for hydroxylation is 2. The molecule has 1 aliphatic rings. The minimum absolute atomic E-state index is 0.270.